The van der Waals surface area contributed by atoms with E-state index in [9.17, 15) is 13.2 Å². The fourth-order valence-electron chi connectivity index (χ4n) is 2.76. The molecule has 0 aliphatic carbocycles. The molecule has 2 aromatic carbocycles. The Morgan fingerprint density at radius 3 is 2.20 bits per heavy atom. The molecule has 0 bridgehead atoms. The zero-order valence-corrected chi connectivity index (χ0v) is 22.0. The van der Waals surface area contributed by atoms with Gasteiger partial charge in [-0.05, 0) is 30.4 Å². The van der Waals surface area contributed by atoms with Crippen LogP contribution in [0.1, 0.15) is 31.4 Å². The third-order valence-electron chi connectivity index (χ3n) is 4.38. The SMILES string of the molecule is CC(C)CON=C(c1ccc(CCCOc2c(Cl)cc(OCC=C(Cl)Cl)cc2Cl)cc1)C(F)(F)F. The molecule has 0 radical (unpaired) electrons. The molecule has 0 unspecified atom stereocenters. The van der Waals surface area contributed by atoms with Gasteiger partial charge in [-0.15, -0.1) is 0 Å². The van der Waals surface area contributed by atoms with E-state index in [1.807, 2.05) is 13.8 Å². The van der Waals surface area contributed by atoms with Crippen LogP contribution in [0.5, 0.6) is 11.5 Å². The van der Waals surface area contributed by atoms with Gasteiger partial charge in [0, 0.05) is 17.7 Å². The molecule has 2 rings (SSSR count). The van der Waals surface area contributed by atoms with Crippen molar-refractivity contribution in [2.45, 2.75) is 32.9 Å². The molecule has 0 amide bonds. The highest BCUT2D eigenvalue weighted by Gasteiger charge is 2.37. The normalized spacial score (nSPS) is 12.0. The van der Waals surface area contributed by atoms with E-state index < -0.39 is 11.9 Å². The summed E-state index contributed by atoms with van der Waals surface area (Å²) >= 11 is 23.5. The topological polar surface area (TPSA) is 40.0 Å². The minimum Gasteiger partial charge on any atom is -0.490 e. The first kappa shape index (κ1) is 29.4. The van der Waals surface area contributed by atoms with Gasteiger partial charge >= 0.3 is 6.18 Å². The number of ether oxygens (including phenoxy) is 2. The van der Waals surface area contributed by atoms with E-state index in [-0.39, 0.29) is 39.2 Å². The fraction of sp³-hybridized carbons (Fsp3) is 0.375. The van der Waals surface area contributed by atoms with Crippen LogP contribution in [0.25, 0.3) is 0 Å². The Bertz CT molecular complexity index is 999. The number of benzene rings is 2. The molecule has 0 saturated heterocycles. The fourth-order valence-corrected chi connectivity index (χ4v) is 3.46. The summed E-state index contributed by atoms with van der Waals surface area (Å²) in [5.74, 6) is 0.802. The number of oxime groups is 1. The van der Waals surface area contributed by atoms with Crippen LogP contribution in [0.15, 0.2) is 52.1 Å². The van der Waals surface area contributed by atoms with E-state index in [1.54, 1.807) is 24.3 Å². The Labute approximate surface area is 222 Å². The Morgan fingerprint density at radius 2 is 1.66 bits per heavy atom. The zero-order chi connectivity index (χ0) is 26.0. The number of nitrogens with zero attached hydrogens (tertiary/aromatic N) is 1. The van der Waals surface area contributed by atoms with Crippen molar-refractivity contribution in [2.75, 3.05) is 19.8 Å². The third-order valence-corrected chi connectivity index (χ3v) is 5.25. The van der Waals surface area contributed by atoms with Gasteiger partial charge in [-0.1, -0.05) is 89.7 Å². The van der Waals surface area contributed by atoms with E-state index in [0.29, 0.717) is 30.9 Å². The summed E-state index contributed by atoms with van der Waals surface area (Å²) < 4.78 is 51.3. The van der Waals surface area contributed by atoms with Gasteiger partial charge in [0.15, 0.2) is 11.5 Å². The van der Waals surface area contributed by atoms with Gasteiger partial charge in [0.05, 0.1) is 16.7 Å². The molecule has 4 nitrogen and oxygen atoms in total. The number of hydrogen-bond acceptors (Lipinski definition) is 4. The predicted molar refractivity (Wildman–Crippen MR) is 135 cm³/mol. The van der Waals surface area contributed by atoms with E-state index >= 15 is 0 Å². The number of aryl methyl sites for hydroxylation is 1. The molecule has 11 heteroatoms. The highest BCUT2D eigenvalue weighted by Crippen LogP contribution is 2.37. The summed E-state index contributed by atoms with van der Waals surface area (Å²) in [5.41, 5.74) is -0.286. The predicted octanol–water partition coefficient (Wildman–Crippen LogP) is 8.64. The highest BCUT2D eigenvalue weighted by atomic mass is 35.5. The maximum Gasteiger partial charge on any atom is 0.437 e. The maximum atomic E-state index is 13.4. The first-order chi connectivity index (χ1) is 16.5. The number of halogens is 7. The lowest BCUT2D eigenvalue weighted by Crippen LogP contribution is -2.24. The smallest absolute Gasteiger partial charge is 0.437 e. The standard InChI is InChI=1S/C24H24Cl4F3NO3/c1-15(2)14-35-32-23(24(29,30)31)17-7-5-16(6-8-17)4-3-10-34-22-19(25)12-18(13-20(22)26)33-11-9-21(27)28/h5-9,12-13,15H,3-4,10-11,14H2,1-2H3. The van der Waals surface area contributed by atoms with Crippen LogP contribution >= 0.6 is 46.4 Å². The van der Waals surface area contributed by atoms with Crippen molar-refractivity contribution >= 4 is 52.1 Å². The first-order valence-electron chi connectivity index (χ1n) is 10.6. The van der Waals surface area contributed by atoms with Crippen molar-refractivity contribution in [3.63, 3.8) is 0 Å². The highest BCUT2D eigenvalue weighted by molar-refractivity contribution is 6.55. The van der Waals surface area contributed by atoms with Gasteiger partial charge in [-0.2, -0.15) is 13.2 Å². The molecule has 0 aliphatic rings. The van der Waals surface area contributed by atoms with Crippen molar-refractivity contribution in [2.24, 2.45) is 11.1 Å². The molecule has 0 N–H and O–H groups in total. The van der Waals surface area contributed by atoms with Gasteiger partial charge in [-0.3, -0.25) is 0 Å². The van der Waals surface area contributed by atoms with E-state index in [0.717, 1.165) is 5.56 Å². The molecule has 0 saturated carbocycles. The minimum absolute atomic E-state index is 0.0620. The molecule has 0 aromatic heterocycles. The number of alkyl halides is 3. The summed E-state index contributed by atoms with van der Waals surface area (Å²) in [7, 11) is 0. The summed E-state index contributed by atoms with van der Waals surface area (Å²) in [5, 5.41) is 3.86. The van der Waals surface area contributed by atoms with Crippen molar-refractivity contribution in [3.05, 3.63) is 68.1 Å². The second-order valence-corrected chi connectivity index (χ2v) is 9.62. The van der Waals surface area contributed by atoms with Crippen molar-refractivity contribution < 1.29 is 27.5 Å². The van der Waals surface area contributed by atoms with Crippen LogP contribution in [0.2, 0.25) is 10.0 Å². The minimum atomic E-state index is -4.63. The third kappa shape index (κ3) is 10.4. The largest absolute Gasteiger partial charge is 0.490 e. The Balaban J connectivity index is 1.92. The van der Waals surface area contributed by atoms with Crippen LogP contribution in [0.4, 0.5) is 13.2 Å². The van der Waals surface area contributed by atoms with Gasteiger partial charge in [0.1, 0.15) is 23.5 Å². The Morgan fingerprint density at radius 1 is 1.03 bits per heavy atom. The van der Waals surface area contributed by atoms with E-state index in [4.69, 9.17) is 60.7 Å². The lowest BCUT2D eigenvalue weighted by atomic mass is 10.0. The first-order valence-corrected chi connectivity index (χ1v) is 12.1. The molecule has 0 heterocycles. The second-order valence-electron chi connectivity index (χ2n) is 7.80. The van der Waals surface area contributed by atoms with Crippen molar-refractivity contribution in [3.8, 4) is 11.5 Å². The van der Waals surface area contributed by atoms with Crippen LogP contribution in [-0.2, 0) is 11.3 Å². The summed E-state index contributed by atoms with van der Waals surface area (Å²) in [6.07, 6.45) is -2.00. The molecular weight excluding hydrogens is 549 g/mol. The Hall–Kier alpha value is -1.80. The Kier molecular flexibility index (Phi) is 11.8. The average Bonchev–Trinajstić information content (AvgIpc) is 2.75. The van der Waals surface area contributed by atoms with Gasteiger partial charge in [0.2, 0.25) is 0 Å². The second kappa shape index (κ2) is 14.1. The molecule has 2 aromatic rings. The van der Waals surface area contributed by atoms with Crippen LogP contribution < -0.4 is 9.47 Å². The molecule has 0 atom stereocenters. The average molecular weight is 573 g/mol. The lowest BCUT2D eigenvalue weighted by Gasteiger charge is -2.13. The van der Waals surface area contributed by atoms with Crippen LogP contribution in [0, 0.1) is 5.92 Å². The summed E-state index contributed by atoms with van der Waals surface area (Å²) in [6.45, 7) is 4.19. The number of rotatable bonds is 12. The molecule has 0 aliphatic heterocycles. The van der Waals surface area contributed by atoms with Gasteiger partial charge < -0.3 is 14.3 Å². The zero-order valence-electron chi connectivity index (χ0n) is 19.0. The van der Waals surface area contributed by atoms with Crippen molar-refractivity contribution in [1.29, 1.82) is 0 Å². The molecule has 35 heavy (non-hydrogen) atoms. The molecular formula is C24H24Cl4F3NO3. The summed E-state index contributed by atoms with van der Waals surface area (Å²) in [6, 6.07) is 9.10. The lowest BCUT2D eigenvalue weighted by molar-refractivity contribution is -0.0618. The molecule has 0 spiro atoms. The van der Waals surface area contributed by atoms with E-state index in [2.05, 4.69) is 5.16 Å². The quantitative estimate of drug-likeness (QED) is 0.145. The van der Waals surface area contributed by atoms with Gasteiger partial charge in [0.25, 0.3) is 0 Å². The summed E-state index contributed by atoms with van der Waals surface area (Å²) in [4.78, 5) is 4.85. The van der Waals surface area contributed by atoms with Gasteiger partial charge in [-0.25, -0.2) is 0 Å². The molecule has 0 fully saturated rings. The van der Waals surface area contributed by atoms with E-state index in [1.165, 1.54) is 18.2 Å². The maximum absolute atomic E-state index is 13.4. The van der Waals surface area contributed by atoms with Crippen molar-refractivity contribution in [1.82, 2.24) is 0 Å². The number of hydrogen-bond donors (Lipinski definition) is 0. The monoisotopic (exact) mass is 571 g/mol. The van der Waals surface area contributed by atoms with Crippen LogP contribution in [-0.4, -0.2) is 31.7 Å². The van der Waals surface area contributed by atoms with Crippen LogP contribution in [0.3, 0.4) is 0 Å². The molecule has 192 valence electrons.